The maximum atomic E-state index is 13.9. The van der Waals surface area contributed by atoms with Crippen molar-refractivity contribution in [1.29, 1.82) is 0 Å². The van der Waals surface area contributed by atoms with Crippen LogP contribution >= 0.6 is 0 Å². The van der Waals surface area contributed by atoms with Crippen LogP contribution in [-0.4, -0.2) is 71.1 Å². The molecular weight excluding hydrogens is 582 g/mol. The number of aryl methyl sites for hydroxylation is 2. The van der Waals surface area contributed by atoms with Gasteiger partial charge in [0.15, 0.2) is 0 Å². The van der Waals surface area contributed by atoms with Crippen molar-refractivity contribution in [2.45, 2.75) is 65.1 Å². The second kappa shape index (κ2) is 13.2. The molecule has 0 unspecified atom stereocenters. The maximum Gasteiger partial charge on any atom is 0.253 e. The summed E-state index contributed by atoms with van der Waals surface area (Å²) in [5, 5.41) is 11.9. The van der Waals surface area contributed by atoms with E-state index in [4.69, 9.17) is 4.98 Å². The number of carbonyl (C=O) groups is 3. The zero-order valence-electron chi connectivity index (χ0n) is 26.8. The van der Waals surface area contributed by atoms with Crippen molar-refractivity contribution in [2.24, 2.45) is 13.0 Å². The number of carbonyl (C=O) groups excluding carboxylic acids is 3. The number of rotatable bonds is 5. The standard InChI is InChI=1S/C34H41N9O3/c1-21(2)16-28-32-37-22(3)40-43(32)15-14-42(34(46)23-11-12-30-27(17-23)36-20-41(30)4)13-7-10-31(44)38-29(33(45)39-28)18-24-19-35-26-9-6-5-8-25(24)26/h5-6,8-9,11-12,17,19-21,28-29,35H,7,10,13-16,18H2,1-4H3,(H,38,44)(H,39,45)/t28-,29+/m0/s1. The Bertz CT molecular complexity index is 1880. The summed E-state index contributed by atoms with van der Waals surface area (Å²) in [7, 11) is 1.92. The number of para-hydroxylation sites is 1. The van der Waals surface area contributed by atoms with E-state index in [1.807, 2.05) is 71.9 Å². The Labute approximate surface area is 267 Å². The van der Waals surface area contributed by atoms with Gasteiger partial charge in [0.25, 0.3) is 5.91 Å². The molecule has 0 fully saturated rings. The highest BCUT2D eigenvalue weighted by molar-refractivity contribution is 5.97. The number of fused-ring (bicyclic) bond motifs is 3. The molecule has 240 valence electrons. The number of H-pyrrole nitrogens is 1. The number of imidazole rings is 1. The number of hydrogen-bond donors (Lipinski definition) is 3. The highest BCUT2D eigenvalue weighted by Gasteiger charge is 2.29. The Morgan fingerprint density at radius 3 is 2.70 bits per heavy atom. The van der Waals surface area contributed by atoms with E-state index in [0.717, 1.165) is 27.5 Å². The number of nitrogens with zero attached hydrogens (tertiary/aromatic N) is 6. The molecule has 2 atom stereocenters. The van der Waals surface area contributed by atoms with Gasteiger partial charge in [-0.05, 0) is 55.5 Å². The van der Waals surface area contributed by atoms with Crippen LogP contribution in [0.3, 0.4) is 0 Å². The summed E-state index contributed by atoms with van der Waals surface area (Å²) < 4.78 is 3.72. The smallest absolute Gasteiger partial charge is 0.253 e. The van der Waals surface area contributed by atoms with Crippen molar-refractivity contribution in [3.8, 4) is 0 Å². The molecule has 0 spiro atoms. The second-order valence-corrected chi connectivity index (χ2v) is 12.6. The molecule has 0 saturated carbocycles. The van der Waals surface area contributed by atoms with Crippen LogP contribution in [0.2, 0.25) is 0 Å². The Kier molecular flexibility index (Phi) is 8.87. The maximum absolute atomic E-state index is 13.9. The molecule has 0 radical (unpaired) electrons. The predicted molar refractivity (Wildman–Crippen MR) is 175 cm³/mol. The third kappa shape index (κ3) is 6.65. The average molecular weight is 624 g/mol. The monoisotopic (exact) mass is 623 g/mol. The fraction of sp³-hybridized carbons (Fsp3) is 0.412. The van der Waals surface area contributed by atoms with Gasteiger partial charge >= 0.3 is 0 Å². The largest absolute Gasteiger partial charge is 0.361 e. The van der Waals surface area contributed by atoms with Crippen LogP contribution in [0.5, 0.6) is 0 Å². The van der Waals surface area contributed by atoms with E-state index in [2.05, 4.69) is 39.5 Å². The molecule has 12 heteroatoms. The van der Waals surface area contributed by atoms with Gasteiger partial charge in [-0.1, -0.05) is 32.0 Å². The lowest BCUT2D eigenvalue weighted by atomic mass is 10.0. The topological polar surface area (TPSA) is 143 Å². The van der Waals surface area contributed by atoms with Gasteiger partial charge in [-0.15, -0.1) is 0 Å². The normalized spacial score (nSPS) is 18.4. The molecule has 5 aromatic rings. The molecule has 3 aromatic heterocycles. The lowest BCUT2D eigenvalue weighted by Crippen LogP contribution is -2.49. The van der Waals surface area contributed by atoms with E-state index < -0.39 is 12.1 Å². The highest BCUT2D eigenvalue weighted by Crippen LogP contribution is 2.23. The number of amides is 3. The number of nitrogens with one attached hydrogen (secondary N) is 3. The van der Waals surface area contributed by atoms with Crippen LogP contribution in [0.15, 0.2) is 55.0 Å². The third-order valence-corrected chi connectivity index (χ3v) is 8.57. The molecule has 4 heterocycles. The molecule has 6 rings (SSSR count). The Hall–Kier alpha value is -5.00. The quantitative estimate of drug-likeness (QED) is 0.272. The third-order valence-electron chi connectivity index (χ3n) is 8.57. The van der Waals surface area contributed by atoms with Crippen LogP contribution in [0, 0.1) is 12.8 Å². The molecule has 3 N–H and O–H groups in total. The first-order valence-electron chi connectivity index (χ1n) is 15.9. The summed E-state index contributed by atoms with van der Waals surface area (Å²) in [6.45, 7) is 7.13. The number of aromatic amines is 1. The first-order valence-corrected chi connectivity index (χ1v) is 15.9. The molecule has 1 aliphatic rings. The van der Waals surface area contributed by atoms with Crippen molar-refractivity contribution in [3.05, 3.63) is 77.8 Å². The lowest BCUT2D eigenvalue weighted by molar-refractivity contribution is -0.129. The van der Waals surface area contributed by atoms with E-state index >= 15 is 0 Å². The Balaban J connectivity index is 1.31. The van der Waals surface area contributed by atoms with Crippen LogP contribution < -0.4 is 10.6 Å². The SMILES string of the molecule is Cc1nc2n(n1)CCN(C(=O)c1ccc3c(c1)ncn3C)CCCC(=O)N[C@H](Cc1c[nH]c3ccccc13)C(=O)N[C@H]2CC(C)C. The first-order chi connectivity index (χ1) is 22.2. The van der Waals surface area contributed by atoms with Crippen molar-refractivity contribution in [2.75, 3.05) is 13.1 Å². The summed E-state index contributed by atoms with van der Waals surface area (Å²) in [5.41, 5.74) is 4.14. The minimum absolute atomic E-state index is 0.136. The van der Waals surface area contributed by atoms with E-state index in [9.17, 15) is 14.4 Å². The number of benzene rings is 2. The molecule has 46 heavy (non-hydrogen) atoms. The van der Waals surface area contributed by atoms with E-state index in [0.29, 0.717) is 56.1 Å². The zero-order chi connectivity index (χ0) is 32.4. The molecule has 0 bridgehead atoms. The van der Waals surface area contributed by atoms with Gasteiger partial charge in [-0.2, -0.15) is 5.10 Å². The average Bonchev–Trinajstić information content (AvgIpc) is 3.73. The molecule has 0 saturated heterocycles. The van der Waals surface area contributed by atoms with Crippen molar-refractivity contribution in [3.63, 3.8) is 0 Å². The van der Waals surface area contributed by atoms with E-state index in [1.54, 1.807) is 11.2 Å². The van der Waals surface area contributed by atoms with Crippen molar-refractivity contribution in [1.82, 2.24) is 44.8 Å². The Morgan fingerprint density at radius 2 is 1.87 bits per heavy atom. The molecule has 0 aliphatic carbocycles. The predicted octanol–water partition coefficient (Wildman–Crippen LogP) is 3.82. The van der Waals surface area contributed by atoms with E-state index in [1.165, 1.54) is 0 Å². The summed E-state index contributed by atoms with van der Waals surface area (Å²) >= 11 is 0. The minimum Gasteiger partial charge on any atom is -0.361 e. The highest BCUT2D eigenvalue weighted by atomic mass is 16.2. The summed E-state index contributed by atoms with van der Waals surface area (Å²) in [5.74, 6) is 0.827. The van der Waals surface area contributed by atoms with Crippen molar-refractivity contribution >= 4 is 39.7 Å². The van der Waals surface area contributed by atoms with Crippen molar-refractivity contribution < 1.29 is 14.4 Å². The van der Waals surface area contributed by atoms with Gasteiger partial charge in [0, 0.05) is 55.6 Å². The summed E-state index contributed by atoms with van der Waals surface area (Å²) in [4.78, 5) is 55.3. The molecule has 1 aliphatic heterocycles. The van der Waals surface area contributed by atoms with Gasteiger partial charge in [-0.25, -0.2) is 14.6 Å². The van der Waals surface area contributed by atoms with E-state index in [-0.39, 0.29) is 30.1 Å². The summed E-state index contributed by atoms with van der Waals surface area (Å²) in [6, 6.07) is 12.2. The van der Waals surface area contributed by atoms with Crippen LogP contribution in [-0.2, 0) is 29.6 Å². The van der Waals surface area contributed by atoms with Crippen LogP contribution in [0.1, 0.15) is 66.7 Å². The molecule has 12 nitrogen and oxygen atoms in total. The van der Waals surface area contributed by atoms with Gasteiger partial charge in [0.2, 0.25) is 11.8 Å². The second-order valence-electron chi connectivity index (χ2n) is 12.6. The van der Waals surface area contributed by atoms with Crippen LogP contribution in [0.25, 0.3) is 21.9 Å². The Morgan fingerprint density at radius 1 is 1.04 bits per heavy atom. The van der Waals surface area contributed by atoms with Gasteiger partial charge in [0.05, 0.1) is 29.9 Å². The minimum atomic E-state index is -0.801. The van der Waals surface area contributed by atoms with Gasteiger partial charge in [0.1, 0.15) is 17.7 Å². The fourth-order valence-electron chi connectivity index (χ4n) is 6.28. The first kappa shape index (κ1) is 31.0. The zero-order valence-corrected chi connectivity index (χ0v) is 26.8. The van der Waals surface area contributed by atoms with Gasteiger partial charge in [-0.3, -0.25) is 14.4 Å². The molecule has 3 amide bonds. The number of hydrogen-bond acceptors (Lipinski definition) is 6. The fourth-order valence-corrected chi connectivity index (χ4v) is 6.28. The molecule has 2 aromatic carbocycles. The lowest BCUT2D eigenvalue weighted by Gasteiger charge is -2.27. The molecular formula is C34H41N9O3. The van der Waals surface area contributed by atoms with Crippen LogP contribution in [0.4, 0.5) is 0 Å². The number of aromatic nitrogens is 6. The summed E-state index contributed by atoms with van der Waals surface area (Å²) in [6.07, 6.45) is 5.18. The van der Waals surface area contributed by atoms with Gasteiger partial charge < -0.3 is 25.1 Å².